The van der Waals surface area contributed by atoms with Gasteiger partial charge in [0.05, 0.1) is 16.6 Å². The van der Waals surface area contributed by atoms with Crippen molar-refractivity contribution in [1.29, 1.82) is 0 Å². The van der Waals surface area contributed by atoms with Crippen molar-refractivity contribution in [2.24, 2.45) is 0 Å². The lowest BCUT2D eigenvalue weighted by Gasteiger charge is -2.15. The number of benzene rings is 2. The predicted molar refractivity (Wildman–Crippen MR) is 119 cm³/mol. The van der Waals surface area contributed by atoms with E-state index in [0.29, 0.717) is 33.0 Å². The fraction of sp³-hybridized carbons (Fsp3) is 0.250. The second-order valence-corrected chi connectivity index (χ2v) is 8.54. The first-order valence-electron chi connectivity index (χ1n) is 8.95. The van der Waals surface area contributed by atoms with Crippen LogP contribution in [-0.4, -0.2) is 20.7 Å². The number of carbonyl (C=O) groups is 1. The topological polar surface area (TPSA) is 59.8 Å². The first kappa shape index (κ1) is 22.0. The summed E-state index contributed by atoms with van der Waals surface area (Å²) in [5, 5.41) is 13.8. The van der Waals surface area contributed by atoms with E-state index in [9.17, 15) is 4.79 Å². The molecule has 0 bridgehead atoms. The number of nitrogens with one attached hydrogen (secondary N) is 1. The van der Waals surface area contributed by atoms with E-state index in [0.717, 1.165) is 16.5 Å². The molecule has 1 amide bonds. The molecular weight excluding hydrogens is 451 g/mol. The summed E-state index contributed by atoms with van der Waals surface area (Å²) in [5.74, 6) is 1.14. The summed E-state index contributed by atoms with van der Waals surface area (Å²) in [6.45, 7) is 4.57. The Morgan fingerprint density at radius 3 is 2.45 bits per heavy atom. The van der Waals surface area contributed by atoms with Crippen LogP contribution in [0.3, 0.4) is 0 Å². The molecule has 1 heterocycles. The molecule has 0 aliphatic carbocycles. The highest BCUT2D eigenvalue weighted by Gasteiger charge is 2.20. The van der Waals surface area contributed by atoms with Crippen LogP contribution < -0.4 is 5.32 Å². The highest BCUT2D eigenvalue weighted by atomic mass is 35.5. The Kier molecular flexibility index (Phi) is 7.46. The summed E-state index contributed by atoms with van der Waals surface area (Å²) < 4.78 is 2.00. The van der Waals surface area contributed by atoms with Crippen molar-refractivity contribution in [1.82, 2.24) is 20.1 Å². The quantitative estimate of drug-likeness (QED) is 0.428. The molecule has 152 valence electrons. The van der Waals surface area contributed by atoms with E-state index in [1.165, 1.54) is 0 Å². The minimum atomic E-state index is -0.341. The maximum atomic E-state index is 12.6. The van der Waals surface area contributed by atoms with Crippen molar-refractivity contribution in [3.8, 4) is 0 Å². The molecule has 0 spiro atoms. The normalized spacial score (nSPS) is 12.0. The number of thioether (sulfide) groups is 1. The lowest BCUT2D eigenvalue weighted by atomic mass is 10.2. The molecule has 0 aliphatic heterocycles. The van der Waals surface area contributed by atoms with Crippen molar-refractivity contribution in [2.45, 2.75) is 37.3 Å². The summed E-state index contributed by atoms with van der Waals surface area (Å²) in [5.41, 5.74) is 1.51. The first-order chi connectivity index (χ1) is 13.9. The van der Waals surface area contributed by atoms with Crippen LogP contribution in [0.15, 0.2) is 47.6 Å². The molecule has 5 nitrogen and oxygen atoms in total. The zero-order chi connectivity index (χ0) is 21.0. The largest absolute Gasteiger partial charge is 0.342 e. The molecule has 0 unspecified atom stereocenters. The molecule has 0 saturated carbocycles. The fourth-order valence-corrected chi connectivity index (χ4v) is 4.35. The Morgan fingerprint density at radius 2 is 1.79 bits per heavy atom. The minimum Gasteiger partial charge on any atom is -0.342 e. The van der Waals surface area contributed by atoms with Gasteiger partial charge in [0, 0.05) is 22.3 Å². The number of amides is 1. The molecule has 3 rings (SSSR count). The molecule has 1 N–H and O–H groups in total. The van der Waals surface area contributed by atoms with E-state index >= 15 is 0 Å². The first-order valence-corrected chi connectivity index (χ1v) is 11.1. The van der Waals surface area contributed by atoms with E-state index in [-0.39, 0.29) is 11.9 Å². The number of aromatic nitrogens is 3. The van der Waals surface area contributed by atoms with Crippen LogP contribution in [-0.2, 0) is 12.3 Å². The summed E-state index contributed by atoms with van der Waals surface area (Å²) in [7, 11) is 0. The smallest absolute Gasteiger partial charge is 0.253 e. The standard InChI is InChI=1S/C20H19Cl3N4OS/c1-3-27-18(12(2)24-19(28)16-9-8-15(22)10-17(16)23)25-26-20(27)29-11-13-4-6-14(21)7-5-13/h4-10,12H,3,11H2,1-2H3,(H,24,28)/t12-/m0/s1. The molecule has 0 fully saturated rings. The lowest BCUT2D eigenvalue weighted by Crippen LogP contribution is -2.29. The number of rotatable bonds is 7. The van der Waals surface area contributed by atoms with Gasteiger partial charge in [0.15, 0.2) is 11.0 Å². The van der Waals surface area contributed by atoms with Crippen LogP contribution in [0, 0.1) is 0 Å². The van der Waals surface area contributed by atoms with Crippen LogP contribution in [0.2, 0.25) is 15.1 Å². The average molecular weight is 470 g/mol. The van der Waals surface area contributed by atoms with Crippen LogP contribution in [0.1, 0.15) is 41.6 Å². The summed E-state index contributed by atoms with van der Waals surface area (Å²) in [6.07, 6.45) is 0. The zero-order valence-electron chi connectivity index (χ0n) is 15.8. The van der Waals surface area contributed by atoms with E-state index in [4.69, 9.17) is 34.8 Å². The monoisotopic (exact) mass is 468 g/mol. The van der Waals surface area contributed by atoms with Gasteiger partial charge in [-0.05, 0) is 49.7 Å². The van der Waals surface area contributed by atoms with Crippen LogP contribution in [0.25, 0.3) is 0 Å². The Hall–Kier alpha value is -1.73. The molecule has 2 aromatic carbocycles. The van der Waals surface area contributed by atoms with Crippen LogP contribution in [0.4, 0.5) is 0 Å². The second kappa shape index (κ2) is 9.85. The molecule has 1 atom stereocenters. The van der Waals surface area contributed by atoms with Crippen LogP contribution >= 0.6 is 46.6 Å². The van der Waals surface area contributed by atoms with Crippen molar-refractivity contribution in [3.63, 3.8) is 0 Å². The van der Waals surface area contributed by atoms with Gasteiger partial charge >= 0.3 is 0 Å². The van der Waals surface area contributed by atoms with Gasteiger partial charge in [-0.25, -0.2) is 0 Å². The van der Waals surface area contributed by atoms with Gasteiger partial charge in [-0.3, -0.25) is 4.79 Å². The number of carbonyl (C=O) groups excluding carboxylic acids is 1. The van der Waals surface area contributed by atoms with Gasteiger partial charge in [0.25, 0.3) is 5.91 Å². The molecule has 29 heavy (non-hydrogen) atoms. The van der Waals surface area contributed by atoms with Gasteiger partial charge in [-0.1, -0.05) is 58.7 Å². The molecular formula is C20H19Cl3N4OS. The molecule has 3 aromatic rings. The highest BCUT2D eigenvalue weighted by molar-refractivity contribution is 7.98. The van der Waals surface area contributed by atoms with E-state index < -0.39 is 0 Å². The Morgan fingerprint density at radius 1 is 1.10 bits per heavy atom. The molecule has 1 aromatic heterocycles. The van der Waals surface area contributed by atoms with Crippen molar-refractivity contribution < 1.29 is 4.79 Å². The van der Waals surface area contributed by atoms with Crippen LogP contribution in [0.5, 0.6) is 0 Å². The maximum absolute atomic E-state index is 12.6. The third-order valence-electron chi connectivity index (χ3n) is 4.25. The lowest BCUT2D eigenvalue weighted by molar-refractivity contribution is 0.0937. The zero-order valence-corrected chi connectivity index (χ0v) is 18.9. The van der Waals surface area contributed by atoms with Gasteiger partial charge in [-0.2, -0.15) is 0 Å². The van der Waals surface area contributed by atoms with Gasteiger partial charge in [0.1, 0.15) is 0 Å². The third-order valence-corrected chi connectivity index (χ3v) is 6.09. The molecule has 0 saturated heterocycles. The molecule has 0 aliphatic rings. The SMILES string of the molecule is CCn1c(SCc2ccc(Cl)cc2)nnc1[C@H](C)NC(=O)c1ccc(Cl)cc1Cl. The number of hydrogen-bond acceptors (Lipinski definition) is 4. The maximum Gasteiger partial charge on any atom is 0.253 e. The summed E-state index contributed by atoms with van der Waals surface area (Å²) in [4.78, 5) is 12.6. The summed E-state index contributed by atoms with van der Waals surface area (Å²) >= 11 is 19.6. The second-order valence-electron chi connectivity index (χ2n) is 6.32. The summed E-state index contributed by atoms with van der Waals surface area (Å²) in [6, 6.07) is 12.1. The number of hydrogen-bond donors (Lipinski definition) is 1. The van der Waals surface area contributed by atoms with Crippen molar-refractivity contribution in [3.05, 3.63) is 74.5 Å². The fourth-order valence-electron chi connectivity index (χ4n) is 2.77. The third kappa shape index (κ3) is 5.45. The van der Waals surface area contributed by atoms with Gasteiger partial charge in [0.2, 0.25) is 0 Å². The Balaban J connectivity index is 1.71. The highest BCUT2D eigenvalue weighted by Crippen LogP contribution is 2.26. The average Bonchev–Trinajstić information content (AvgIpc) is 3.10. The van der Waals surface area contributed by atoms with E-state index in [1.54, 1.807) is 30.0 Å². The van der Waals surface area contributed by atoms with Crippen molar-refractivity contribution in [2.75, 3.05) is 0 Å². The number of halogens is 3. The molecule has 0 radical (unpaired) electrons. The Labute approximate surface area is 188 Å². The number of nitrogens with zero attached hydrogens (tertiary/aromatic N) is 3. The molecule has 9 heteroatoms. The van der Waals surface area contributed by atoms with E-state index in [2.05, 4.69) is 15.5 Å². The minimum absolute atomic E-state index is 0.291. The van der Waals surface area contributed by atoms with Gasteiger partial charge < -0.3 is 9.88 Å². The Bertz CT molecular complexity index is 1010. The van der Waals surface area contributed by atoms with Gasteiger partial charge in [-0.15, -0.1) is 10.2 Å². The predicted octanol–water partition coefficient (Wildman–Crippen LogP) is 6.04. The van der Waals surface area contributed by atoms with Crippen molar-refractivity contribution >= 4 is 52.5 Å². The van der Waals surface area contributed by atoms with E-state index in [1.807, 2.05) is 42.7 Å².